The third kappa shape index (κ3) is 3.76. The topological polar surface area (TPSA) is 74.4 Å². The number of halogens is 5. The van der Waals surface area contributed by atoms with Crippen LogP contribution in [0.3, 0.4) is 0 Å². The standard InChI is InChI=1S/C10H9F5N2O3/c1-19-9(18)4-2-6(20-10(13,14)15)5(3-16)17-7(4)8(11)12/h2,8H,3,16H2,1H3. The van der Waals surface area contributed by atoms with Crippen LogP contribution in [-0.2, 0) is 11.3 Å². The summed E-state index contributed by atoms with van der Waals surface area (Å²) in [5.74, 6) is -2.19. The van der Waals surface area contributed by atoms with E-state index in [1.54, 1.807) is 0 Å². The Morgan fingerprint density at radius 3 is 2.45 bits per heavy atom. The monoisotopic (exact) mass is 300 g/mol. The van der Waals surface area contributed by atoms with Crippen molar-refractivity contribution in [3.05, 3.63) is 23.0 Å². The molecular formula is C10H9F5N2O3. The van der Waals surface area contributed by atoms with Gasteiger partial charge in [-0.2, -0.15) is 0 Å². The average molecular weight is 300 g/mol. The van der Waals surface area contributed by atoms with Crippen molar-refractivity contribution in [2.45, 2.75) is 19.3 Å². The molecule has 0 atom stereocenters. The summed E-state index contributed by atoms with van der Waals surface area (Å²) in [7, 11) is 0.888. The van der Waals surface area contributed by atoms with Crippen molar-refractivity contribution in [2.24, 2.45) is 5.73 Å². The number of pyridine rings is 1. The number of nitrogens with zero attached hydrogens (tertiary/aromatic N) is 1. The van der Waals surface area contributed by atoms with Crippen molar-refractivity contribution < 1.29 is 36.2 Å². The Labute approximate surface area is 109 Å². The molecule has 0 spiro atoms. The highest BCUT2D eigenvalue weighted by atomic mass is 19.4. The van der Waals surface area contributed by atoms with Crippen LogP contribution in [0.4, 0.5) is 22.0 Å². The molecule has 112 valence electrons. The summed E-state index contributed by atoms with van der Waals surface area (Å²) >= 11 is 0. The number of rotatable bonds is 4. The van der Waals surface area contributed by atoms with E-state index in [0.717, 1.165) is 7.11 Å². The Morgan fingerprint density at radius 2 is 2.05 bits per heavy atom. The highest BCUT2D eigenvalue weighted by Gasteiger charge is 2.34. The number of carbonyl (C=O) groups is 1. The summed E-state index contributed by atoms with van der Waals surface area (Å²) < 4.78 is 69.8. The van der Waals surface area contributed by atoms with Crippen molar-refractivity contribution in [3.63, 3.8) is 0 Å². The number of carbonyl (C=O) groups excluding carboxylic acids is 1. The molecule has 1 rings (SSSR count). The molecule has 0 saturated heterocycles. The van der Waals surface area contributed by atoms with E-state index in [4.69, 9.17) is 5.73 Å². The van der Waals surface area contributed by atoms with Gasteiger partial charge < -0.3 is 15.2 Å². The molecule has 20 heavy (non-hydrogen) atoms. The van der Waals surface area contributed by atoms with Crippen LogP contribution in [0.15, 0.2) is 6.07 Å². The Hall–Kier alpha value is -1.97. The molecule has 0 saturated carbocycles. The molecule has 0 aliphatic carbocycles. The minimum atomic E-state index is -5.08. The van der Waals surface area contributed by atoms with Crippen LogP contribution >= 0.6 is 0 Å². The molecule has 0 bridgehead atoms. The van der Waals surface area contributed by atoms with Crippen molar-refractivity contribution in [1.82, 2.24) is 4.98 Å². The van der Waals surface area contributed by atoms with Crippen molar-refractivity contribution >= 4 is 5.97 Å². The molecule has 10 heteroatoms. The Morgan fingerprint density at radius 1 is 1.45 bits per heavy atom. The van der Waals surface area contributed by atoms with Crippen LogP contribution in [-0.4, -0.2) is 24.4 Å². The zero-order valence-corrected chi connectivity index (χ0v) is 10.0. The van der Waals surface area contributed by atoms with E-state index in [9.17, 15) is 26.7 Å². The third-order valence-corrected chi connectivity index (χ3v) is 2.12. The summed E-state index contributed by atoms with van der Waals surface area (Å²) in [4.78, 5) is 14.5. The molecular weight excluding hydrogens is 291 g/mol. The van der Waals surface area contributed by atoms with Gasteiger partial charge in [-0.1, -0.05) is 0 Å². The molecule has 1 aromatic rings. The number of ether oxygens (including phenoxy) is 2. The largest absolute Gasteiger partial charge is 0.573 e. The third-order valence-electron chi connectivity index (χ3n) is 2.12. The zero-order valence-electron chi connectivity index (χ0n) is 10.0. The van der Waals surface area contributed by atoms with E-state index >= 15 is 0 Å². The number of hydrogen-bond donors (Lipinski definition) is 1. The highest BCUT2D eigenvalue weighted by Crippen LogP contribution is 2.31. The maximum Gasteiger partial charge on any atom is 0.573 e. The summed E-state index contributed by atoms with van der Waals surface area (Å²) in [6.07, 6.45) is -8.26. The van der Waals surface area contributed by atoms with Crippen molar-refractivity contribution in [2.75, 3.05) is 7.11 Å². The lowest BCUT2D eigenvalue weighted by Crippen LogP contribution is -2.21. The normalized spacial score (nSPS) is 11.6. The minimum Gasteiger partial charge on any atom is -0.465 e. The average Bonchev–Trinajstić information content (AvgIpc) is 2.35. The number of hydrogen-bond acceptors (Lipinski definition) is 5. The van der Waals surface area contributed by atoms with Crippen LogP contribution in [0.2, 0.25) is 0 Å². The Bertz CT molecular complexity index is 504. The fourth-order valence-electron chi connectivity index (χ4n) is 1.35. The van der Waals surface area contributed by atoms with Gasteiger partial charge in [-0.15, -0.1) is 13.2 Å². The molecule has 0 aliphatic rings. The van der Waals surface area contributed by atoms with Gasteiger partial charge in [-0.3, -0.25) is 0 Å². The van der Waals surface area contributed by atoms with E-state index in [1.165, 1.54) is 0 Å². The maximum atomic E-state index is 12.7. The summed E-state index contributed by atoms with van der Waals surface area (Å²) in [5.41, 5.74) is 2.73. The Balaban J connectivity index is 3.41. The summed E-state index contributed by atoms with van der Waals surface area (Å²) in [6, 6.07) is 0.482. The molecule has 0 aliphatic heterocycles. The first-order valence-corrected chi connectivity index (χ1v) is 5.05. The van der Waals surface area contributed by atoms with Gasteiger partial charge in [0.2, 0.25) is 0 Å². The molecule has 5 nitrogen and oxygen atoms in total. The SMILES string of the molecule is COC(=O)c1cc(OC(F)(F)F)c(CN)nc1C(F)F. The van der Waals surface area contributed by atoms with Gasteiger partial charge in [0.25, 0.3) is 6.43 Å². The number of alkyl halides is 5. The van der Waals surface area contributed by atoms with Crippen LogP contribution in [0.25, 0.3) is 0 Å². The molecule has 0 unspecified atom stereocenters. The lowest BCUT2D eigenvalue weighted by Gasteiger charge is -2.15. The van der Waals surface area contributed by atoms with Crippen LogP contribution in [0.5, 0.6) is 5.75 Å². The second-order valence-corrected chi connectivity index (χ2v) is 3.41. The van der Waals surface area contributed by atoms with Crippen LogP contribution in [0.1, 0.15) is 28.2 Å². The lowest BCUT2D eigenvalue weighted by molar-refractivity contribution is -0.275. The number of aromatic nitrogens is 1. The van der Waals surface area contributed by atoms with Gasteiger partial charge in [0.05, 0.1) is 18.4 Å². The van der Waals surface area contributed by atoms with Gasteiger partial charge in [0.15, 0.2) is 5.75 Å². The summed E-state index contributed by atoms with van der Waals surface area (Å²) in [5, 5.41) is 0. The fourth-order valence-corrected chi connectivity index (χ4v) is 1.35. The molecule has 2 N–H and O–H groups in total. The Kier molecular flexibility index (Phi) is 4.82. The smallest absolute Gasteiger partial charge is 0.465 e. The van der Waals surface area contributed by atoms with Gasteiger partial charge in [0.1, 0.15) is 5.69 Å². The quantitative estimate of drug-likeness (QED) is 0.681. The minimum absolute atomic E-state index is 0.482. The number of esters is 1. The van der Waals surface area contributed by atoms with E-state index in [-0.39, 0.29) is 0 Å². The second-order valence-electron chi connectivity index (χ2n) is 3.41. The number of nitrogens with two attached hydrogens (primary N) is 1. The van der Waals surface area contributed by atoms with Gasteiger partial charge in [-0.25, -0.2) is 18.6 Å². The van der Waals surface area contributed by atoms with Crippen LogP contribution < -0.4 is 10.5 Å². The molecule has 0 amide bonds. The van der Waals surface area contributed by atoms with Crippen LogP contribution in [0, 0.1) is 0 Å². The van der Waals surface area contributed by atoms with Gasteiger partial charge >= 0.3 is 12.3 Å². The highest BCUT2D eigenvalue weighted by molar-refractivity contribution is 5.91. The second kappa shape index (κ2) is 5.99. The van der Waals surface area contributed by atoms with E-state index < -0.39 is 48.0 Å². The lowest BCUT2D eigenvalue weighted by atomic mass is 10.1. The van der Waals surface area contributed by atoms with Gasteiger partial charge in [-0.05, 0) is 6.07 Å². The molecule has 0 aromatic carbocycles. The first-order valence-electron chi connectivity index (χ1n) is 5.05. The maximum absolute atomic E-state index is 12.7. The molecule has 0 fully saturated rings. The van der Waals surface area contributed by atoms with E-state index in [0.29, 0.717) is 6.07 Å². The predicted molar refractivity (Wildman–Crippen MR) is 55.1 cm³/mol. The zero-order chi connectivity index (χ0) is 15.5. The summed E-state index contributed by atoms with van der Waals surface area (Å²) in [6.45, 7) is -0.577. The van der Waals surface area contributed by atoms with E-state index in [2.05, 4.69) is 14.5 Å². The fraction of sp³-hybridized carbons (Fsp3) is 0.400. The van der Waals surface area contributed by atoms with Crippen molar-refractivity contribution in [3.8, 4) is 5.75 Å². The van der Waals surface area contributed by atoms with Gasteiger partial charge in [0, 0.05) is 6.54 Å². The van der Waals surface area contributed by atoms with E-state index in [1.807, 2.05) is 0 Å². The number of methoxy groups -OCH3 is 1. The first-order chi connectivity index (χ1) is 9.19. The van der Waals surface area contributed by atoms with Crippen molar-refractivity contribution in [1.29, 1.82) is 0 Å². The molecule has 0 radical (unpaired) electrons. The molecule has 1 aromatic heterocycles. The first kappa shape index (κ1) is 16.1. The predicted octanol–water partition coefficient (Wildman–Crippen LogP) is 2.16. The molecule has 1 heterocycles.